The van der Waals surface area contributed by atoms with Gasteiger partial charge >= 0.3 is 0 Å². The Hall–Kier alpha value is -1.61. The van der Waals surface area contributed by atoms with E-state index in [2.05, 4.69) is 43.1 Å². The van der Waals surface area contributed by atoms with Gasteiger partial charge in [0.25, 0.3) is 0 Å². The Labute approximate surface area is 95.3 Å². The maximum Gasteiger partial charge on any atom is 0.181 e. The van der Waals surface area contributed by atoms with Gasteiger partial charge in [-0.15, -0.1) is 0 Å². The van der Waals surface area contributed by atoms with Crippen LogP contribution in [0.3, 0.4) is 0 Å². The lowest BCUT2D eigenvalue weighted by molar-refractivity contribution is 0.507. The fraction of sp³-hybridized carbons (Fsp3) is 0.308. The van der Waals surface area contributed by atoms with Crippen LogP contribution in [0.25, 0.3) is 11.3 Å². The molecular weight excluding hydrogens is 200 g/mol. The molecule has 0 spiro atoms. The van der Waals surface area contributed by atoms with Crippen LogP contribution in [0.5, 0.6) is 0 Å². The highest BCUT2D eigenvalue weighted by atomic mass is 16.3. The van der Waals surface area contributed by atoms with Gasteiger partial charge < -0.3 is 10.2 Å². The van der Waals surface area contributed by atoms with Crippen LogP contribution in [0.2, 0.25) is 0 Å². The number of nitrogens with zero attached hydrogens (tertiary/aromatic N) is 1. The van der Waals surface area contributed by atoms with Crippen LogP contribution >= 0.6 is 0 Å². The molecule has 0 amide bonds. The Morgan fingerprint density at radius 2 is 1.94 bits per heavy atom. The van der Waals surface area contributed by atoms with Crippen molar-refractivity contribution >= 4 is 0 Å². The molecule has 0 saturated carbocycles. The molecule has 2 rings (SSSR count). The molecule has 3 heteroatoms. The van der Waals surface area contributed by atoms with Gasteiger partial charge in [-0.05, 0) is 11.5 Å². The molecule has 2 N–H and O–H groups in total. The minimum absolute atomic E-state index is 0.376. The topological polar surface area (TPSA) is 52.0 Å². The van der Waals surface area contributed by atoms with Crippen LogP contribution in [0.15, 0.2) is 35.1 Å². The molecule has 0 unspecified atom stereocenters. The predicted molar refractivity (Wildman–Crippen MR) is 63.9 cm³/mol. The van der Waals surface area contributed by atoms with Crippen molar-refractivity contribution in [3.05, 3.63) is 42.0 Å². The Kier molecular flexibility index (Phi) is 3.06. The average molecular weight is 216 g/mol. The minimum Gasteiger partial charge on any atom is -0.446 e. The molecule has 3 nitrogen and oxygen atoms in total. The SMILES string of the molecule is CC(C)c1ccc(-c2ncoc2CN)cc1. The Balaban J connectivity index is 2.35. The molecule has 0 aliphatic rings. The molecule has 0 radical (unpaired) electrons. The first-order chi connectivity index (χ1) is 7.72. The first-order valence-corrected chi connectivity index (χ1v) is 5.45. The van der Waals surface area contributed by atoms with Crippen LogP contribution in [0, 0.1) is 0 Å². The lowest BCUT2D eigenvalue weighted by Crippen LogP contribution is -1.96. The van der Waals surface area contributed by atoms with Crippen molar-refractivity contribution in [1.82, 2.24) is 4.98 Å². The van der Waals surface area contributed by atoms with Crippen molar-refractivity contribution in [3.8, 4) is 11.3 Å². The van der Waals surface area contributed by atoms with E-state index < -0.39 is 0 Å². The first kappa shape index (κ1) is 10.9. The lowest BCUT2D eigenvalue weighted by Gasteiger charge is -2.05. The third kappa shape index (κ3) is 1.99. The standard InChI is InChI=1S/C13H16N2O/c1-9(2)10-3-5-11(6-4-10)13-12(7-14)16-8-15-13/h3-6,8-9H,7,14H2,1-2H3. The molecule has 0 fully saturated rings. The normalized spacial score (nSPS) is 11.0. The number of hydrogen-bond donors (Lipinski definition) is 1. The molecule has 1 aromatic heterocycles. The zero-order chi connectivity index (χ0) is 11.5. The summed E-state index contributed by atoms with van der Waals surface area (Å²) in [6, 6.07) is 8.36. The van der Waals surface area contributed by atoms with Crippen molar-refractivity contribution in [3.63, 3.8) is 0 Å². The van der Waals surface area contributed by atoms with Crippen LogP contribution in [0.4, 0.5) is 0 Å². The number of nitrogens with two attached hydrogens (primary N) is 1. The van der Waals surface area contributed by atoms with E-state index in [4.69, 9.17) is 10.2 Å². The van der Waals surface area contributed by atoms with E-state index >= 15 is 0 Å². The van der Waals surface area contributed by atoms with E-state index in [0.29, 0.717) is 12.5 Å². The predicted octanol–water partition coefficient (Wildman–Crippen LogP) is 2.92. The summed E-state index contributed by atoms with van der Waals surface area (Å²) in [5, 5.41) is 0. The monoisotopic (exact) mass is 216 g/mol. The fourth-order valence-corrected chi connectivity index (χ4v) is 1.68. The molecule has 1 heterocycles. The Bertz CT molecular complexity index is 457. The van der Waals surface area contributed by atoms with E-state index in [1.807, 2.05) is 0 Å². The zero-order valence-electron chi connectivity index (χ0n) is 9.60. The van der Waals surface area contributed by atoms with Gasteiger partial charge in [0.05, 0.1) is 6.54 Å². The van der Waals surface area contributed by atoms with Gasteiger partial charge in [0.15, 0.2) is 6.39 Å². The van der Waals surface area contributed by atoms with Crippen LogP contribution in [-0.2, 0) is 6.54 Å². The first-order valence-electron chi connectivity index (χ1n) is 5.45. The van der Waals surface area contributed by atoms with Gasteiger partial charge in [-0.2, -0.15) is 0 Å². The molecule has 0 bridgehead atoms. The molecule has 84 valence electrons. The van der Waals surface area contributed by atoms with Crippen molar-refractivity contribution in [2.45, 2.75) is 26.3 Å². The fourth-order valence-electron chi connectivity index (χ4n) is 1.68. The van der Waals surface area contributed by atoms with Gasteiger partial charge in [0, 0.05) is 5.56 Å². The lowest BCUT2D eigenvalue weighted by atomic mass is 10.0. The molecule has 0 atom stereocenters. The van der Waals surface area contributed by atoms with Gasteiger partial charge in [-0.1, -0.05) is 38.1 Å². The number of benzene rings is 1. The number of oxazole rings is 1. The van der Waals surface area contributed by atoms with Crippen LogP contribution < -0.4 is 5.73 Å². The smallest absolute Gasteiger partial charge is 0.181 e. The summed E-state index contributed by atoms with van der Waals surface area (Å²) >= 11 is 0. The maximum absolute atomic E-state index is 5.58. The quantitative estimate of drug-likeness (QED) is 0.858. The summed E-state index contributed by atoms with van der Waals surface area (Å²) in [7, 11) is 0. The second kappa shape index (κ2) is 4.49. The minimum atomic E-state index is 0.376. The summed E-state index contributed by atoms with van der Waals surface area (Å²) in [5.41, 5.74) is 8.80. The second-order valence-electron chi connectivity index (χ2n) is 4.10. The third-order valence-electron chi connectivity index (χ3n) is 2.68. The summed E-state index contributed by atoms with van der Waals surface area (Å²) in [5.74, 6) is 1.28. The molecule has 0 saturated heterocycles. The van der Waals surface area contributed by atoms with E-state index in [0.717, 1.165) is 17.0 Å². The summed E-state index contributed by atoms with van der Waals surface area (Å²) in [6.45, 7) is 4.73. The number of hydrogen-bond acceptors (Lipinski definition) is 3. The summed E-state index contributed by atoms with van der Waals surface area (Å²) in [6.07, 6.45) is 1.44. The molecular formula is C13H16N2O. The highest BCUT2D eigenvalue weighted by Gasteiger charge is 2.09. The molecule has 0 aliphatic carbocycles. The molecule has 2 aromatic rings. The van der Waals surface area contributed by atoms with Crippen molar-refractivity contribution in [1.29, 1.82) is 0 Å². The number of rotatable bonds is 3. The largest absolute Gasteiger partial charge is 0.446 e. The second-order valence-corrected chi connectivity index (χ2v) is 4.10. The highest BCUT2D eigenvalue weighted by Crippen LogP contribution is 2.24. The van der Waals surface area contributed by atoms with Gasteiger partial charge in [-0.25, -0.2) is 4.98 Å². The third-order valence-corrected chi connectivity index (χ3v) is 2.68. The van der Waals surface area contributed by atoms with Gasteiger partial charge in [0.2, 0.25) is 0 Å². The van der Waals surface area contributed by atoms with Crippen LogP contribution in [0.1, 0.15) is 31.1 Å². The van der Waals surface area contributed by atoms with E-state index in [9.17, 15) is 0 Å². The summed E-state index contributed by atoms with van der Waals surface area (Å²) < 4.78 is 5.21. The van der Waals surface area contributed by atoms with Gasteiger partial charge in [0.1, 0.15) is 11.5 Å². The Morgan fingerprint density at radius 1 is 1.25 bits per heavy atom. The highest BCUT2D eigenvalue weighted by molar-refractivity contribution is 5.61. The van der Waals surface area contributed by atoms with Crippen molar-refractivity contribution in [2.24, 2.45) is 5.73 Å². The molecule has 16 heavy (non-hydrogen) atoms. The van der Waals surface area contributed by atoms with E-state index in [1.54, 1.807) is 0 Å². The van der Waals surface area contributed by atoms with E-state index in [-0.39, 0.29) is 0 Å². The van der Waals surface area contributed by atoms with Gasteiger partial charge in [-0.3, -0.25) is 0 Å². The zero-order valence-corrected chi connectivity index (χ0v) is 9.60. The van der Waals surface area contributed by atoms with Crippen molar-refractivity contribution in [2.75, 3.05) is 0 Å². The van der Waals surface area contributed by atoms with Crippen molar-refractivity contribution < 1.29 is 4.42 Å². The molecule has 1 aromatic carbocycles. The van der Waals surface area contributed by atoms with E-state index in [1.165, 1.54) is 12.0 Å². The number of aromatic nitrogens is 1. The maximum atomic E-state index is 5.58. The average Bonchev–Trinajstić information content (AvgIpc) is 2.77. The molecule has 0 aliphatic heterocycles. The van der Waals surface area contributed by atoms with Crippen LogP contribution in [-0.4, -0.2) is 4.98 Å². The Morgan fingerprint density at radius 3 is 2.50 bits per heavy atom. The summed E-state index contributed by atoms with van der Waals surface area (Å²) in [4.78, 5) is 4.19.